The molecule has 0 bridgehead atoms. The Hall–Kier alpha value is -2.17. The Morgan fingerprint density at radius 3 is 2.47 bits per heavy atom. The number of nitrogens with two attached hydrogens (primary N) is 2. The minimum Gasteiger partial charge on any atom is -0.401 e. The van der Waals surface area contributed by atoms with Crippen LogP contribution in [0.1, 0.15) is 5.69 Å². The molecule has 0 saturated carbocycles. The predicted molar refractivity (Wildman–Crippen MR) is 44.5 cm³/mol. The van der Waals surface area contributed by atoms with Gasteiger partial charge in [0.15, 0.2) is 11.4 Å². The molecule has 1 aromatic rings. The van der Waals surface area contributed by atoms with Crippen molar-refractivity contribution >= 4 is 11.4 Å². The molecule has 1 aromatic heterocycles. The van der Waals surface area contributed by atoms with Gasteiger partial charge in [0, 0.05) is 0 Å². The SMILES string of the molecule is N#Cc1ncc(N)c(OC(F)(F)F)c1N. The Kier molecular flexibility index (Phi) is 2.57. The second-order valence-electron chi connectivity index (χ2n) is 2.46. The summed E-state index contributed by atoms with van der Waals surface area (Å²) in [6.07, 6.45) is -4.05. The van der Waals surface area contributed by atoms with Crippen LogP contribution in [-0.4, -0.2) is 11.3 Å². The molecule has 1 rings (SSSR count). The monoisotopic (exact) mass is 218 g/mol. The zero-order valence-corrected chi connectivity index (χ0v) is 7.17. The molecule has 8 heteroatoms. The summed E-state index contributed by atoms with van der Waals surface area (Å²) in [5.41, 5.74) is 9.10. The van der Waals surface area contributed by atoms with Crippen LogP contribution in [0.5, 0.6) is 5.75 Å². The summed E-state index contributed by atoms with van der Waals surface area (Å²) in [7, 11) is 0. The number of nitriles is 1. The molecule has 5 nitrogen and oxygen atoms in total. The number of ether oxygens (including phenoxy) is 1. The largest absolute Gasteiger partial charge is 0.573 e. The Morgan fingerprint density at radius 2 is 2.00 bits per heavy atom. The fourth-order valence-corrected chi connectivity index (χ4v) is 0.844. The highest BCUT2D eigenvalue weighted by Crippen LogP contribution is 2.34. The zero-order valence-electron chi connectivity index (χ0n) is 7.17. The van der Waals surface area contributed by atoms with Gasteiger partial charge in [-0.1, -0.05) is 0 Å². The first kappa shape index (κ1) is 10.9. The van der Waals surface area contributed by atoms with Crippen LogP contribution in [0.15, 0.2) is 6.20 Å². The number of halogens is 3. The first-order valence-electron chi connectivity index (χ1n) is 3.55. The standard InChI is InChI=1S/C7H5F3N4O/c8-7(9,10)15-6-3(12)2-14-4(1-11)5(6)13/h2H,12-13H2. The molecule has 80 valence electrons. The van der Waals surface area contributed by atoms with Gasteiger partial charge >= 0.3 is 6.36 Å². The summed E-state index contributed by atoms with van der Waals surface area (Å²) in [5.74, 6) is -0.797. The number of rotatable bonds is 1. The van der Waals surface area contributed by atoms with Crippen LogP contribution in [0, 0.1) is 11.3 Å². The van der Waals surface area contributed by atoms with E-state index in [0.717, 1.165) is 6.20 Å². The highest BCUT2D eigenvalue weighted by atomic mass is 19.4. The third-order valence-electron chi connectivity index (χ3n) is 1.42. The molecule has 0 saturated heterocycles. The van der Waals surface area contributed by atoms with Crippen molar-refractivity contribution < 1.29 is 17.9 Å². The van der Waals surface area contributed by atoms with Gasteiger partial charge in [-0.25, -0.2) is 4.98 Å². The number of nitrogens with zero attached hydrogens (tertiary/aromatic N) is 2. The normalized spacial score (nSPS) is 10.8. The highest BCUT2D eigenvalue weighted by Gasteiger charge is 2.33. The van der Waals surface area contributed by atoms with E-state index in [0.29, 0.717) is 0 Å². The Bertz CT molecular complexity index is 423. The second-order valence-corrected chi connectivity index (χ2v) is 2.46. The summed E-state index contributed by atoms with van der Waals surface area (Å²) in [5, 5.41) is 8.46. The number of anilines is 2. The Morgan fingerprint density at radius 1 is 1.40 bits per heavy atom. The molecule has 0 aliphatic carbocycles. The molecule has 0 fully saturated rings. The highest BCUT2D eigenvalue weighted by molar-refractivity contribution is 5.70. The lowest BCUT2D eigenvalue weighted by molar-refractivity contribution is -0.274. The molecule has 0 aromatic carbocycles. The Labute approximate surface area is 82.1 Å². The first-order chi connectivity index (χ1) is 6.85. The number of alkyl halides is 3. The van der Waals surface area contributed by atoms with E-state index in [2.05, 4.69) is 9.72 Å². The summed E-state index contributed by atoms with van der Waals surface area (Å²) in [4.78, 5) is 3.43. The van der Waals surface area contributed by atoms with Crippen LogP contribution in [0.25, 0.3) is 0 Å². The number of aromatic nitrogens is 1. The summed E-state index contributed by atoms with van der Waals surface area (Å²) in [6, 6.07) is 1.51. The summed E-state index contributed by atoms with van der Waals surface area (Å²) in [6.45, 7) is 0. The van der Waals surface area contributed by atoms with Crippen molar-refractivity contribution in [1.82, 2.24) is 4.98 Å². The van der Waals surface area contributed by atoms with E-state index in [-0.39, 0.29) is 11.4 Å². The molecule has 1 heterocycles. The predicted octanol–water partition coefficient (Wildman–Crippen LogP) is 1.02. The third kappa shape index (κ3) is 2.40. The Balaban J connectivity index is 3.23. The quantitative estimate of drug-likeness (QED) is 0.733. The van der Waals surface area contributed by atoms with Gasteiger partial charge in [0.05, 0.1) is 11.9 Å². The fraction of sp³-hybridized carbons (Fsp3) is 0.143. The topological polar surface area (TPSA) is 98.0 Å². The molecule has 0 unspecified atom stereocenters. The third-order valence-corrected chi connectivity index (χ3v) is 1.42. The number of nitrogen functional groups attached to an aromatic ring is 2. The molecule has 0 spiro atoms. The van der Waals surface area contributed by atoms with E-state index in [1.807, 2.05) is 0 Å². The van der Waals surface area contributed by atoms with Crippen LogP contribution in [0.3, 0.4) is 0 Å². The van der Waals surface area contributed by atoms with Crippen molar-refractivity contribution in [3.05, 3.63) is 11.9 Å². The van der Waals surface area contributed by atoms with Crippen LogP contribution >= 0.6 is 0 Å². The summed E-state index contributed by atoms with van der Waals surface area (Å²) >= 11 is 0. The van der Waals surface area contributed by atoms with Crippen molar-refractivity contribution in [3.8, 4) is 11.8 Å². The average molecular weight is 218 g/mol. The fourth-order valence-electron chi connectivity index (χ4n) is 0.844. The van der Waals surface area contributed by atoms with Gasteiger partial charge in [-0.3, -0.25) is 0 Å². The van der Waals surface area contributed by atoms with E-state index in [9.17, 15) is 13.2 Å². The van der Waals surface area contributed by atoms with E-state index in [4.69, 9.17) is 16.7 Å². The molecule has 0 aliphatic rings. The van der Waals surface area contributed by atoms with Crippen molar-refractivity contribution in [2.75, 3.05) is 11.5 Å². The van der Waals surface area contributed by atoms with Crippen molar-refractivity contribution in [2.45, 2.75) is 6.36 Å². The lowest BCUT2D eigenvalue weighted by Gasteiger charge is -2.13. The number of hydrogen-bond acceptors (Lipinski definition) is 5. The molecule has 0 atom stereocenters. The smallest absolute Gasteiger partial charge is 0.401 e. The maximum Gasteiger partial charge on any atom is 0.573 e. The van der Waals surface area contributed by atoms with Gasteiger partial charge in [-0.15, -0.1) is 13.2 Å². The van der Waals surface area contributed by atoms with Crippen molar-refractivity contribution in [1.29, 1.82) is 5.26 Å². The van der Waals surface area contributed by atoms with Crippen LogP contribution in [0.4, 0.5) is 24.5 Å². The van der Waals surface area contributed by atoms with E-state index in [1.165, 1.54) is 6.07 Å². The van der Waals surface area contributed by atoms with Gasteiger partial charge in [-0.05, 0) is 0 Å². The van der Waals surface area contributed by atoms with Gasteiger partial charge in [-0.2, -0.15) is 5.26 Å². The molecular formula is C7H5F3N4O. The maximum atomic E-state index is 11.9. The van der Waals surface area contributed by atoms with E-state index in [1.54, 1.807) is 0 Å². The zero-order chi connectivity index (χ0) is 11.6. The minimum atomic E-state index is -4.92. The maximum absolute atomic E-state index is 11.9. The lowest BCUT2D eigenvalue weighted by Crippen LogP contribution is -2.19. The van der Waals surface area contributed by atoms with Crippen LogP contribution in [0.2, 0.25) is 0 Å². The van der Waals surface area contributed by atoms with Gasteiger partial charge in [0.2, 0.25) is 0 Å². The average Bonchev–Trinajstić information content (AvgIpc) is 2.11. The molecular weight excluding hydrogens is 213 g/mol. The molecule has 0 amide bonds. The number of hydrogen-bond donors (Lipinski definition) is 2. The van der Waals surface area contributed by atoms with Crippen LogP contribution < -0.4 is 16.2 Å². The van der Waals surface area contributed by atoms with Crippen molar-refractivity contribution in [3.63, 3.8) is 0 Å². The van der Waals surface area contributed by atoms with Gasteiger partial charge in [0.25, 0.3) is 0 Å². The minimum absolute atomic E-state index is 0.372. The second kappa shape index (κ2) is 3.53. The molecule has 15 heavy (non-hydrogen) atoms. The molecule has 4 N–H and O–H groups in total. The summed E-state index contributed by atoms with van der Waals surface area (Å²) < 4.78 is 39.3. The van der Waals surface area contributed by atoms with Crippen LogP contribution in [-0.2, 0) is 0 Å². The van der Waals surface area contributed by atoms with E-state index < -0.39 is 17.8 Å². The van der Waals surface area contributed by atoms with E-state index >= 15 is 0 Å². The van der Waals surface area contributed by atoms with Crippen molar-refractivity contribution in [2.24, 2.45) is 0 Å². The van der Waals surface area contributed by atoms with Gasteiger partial charge in [0.1, 0.15) is 11.8 Å². The molecule has 0 aliphatic heterocycles. The lowest BCUT2D eigenvalue weighted by atomic mass is 10.2. The molecule has 0 radical (unpaired) electrons. The number of pyridine rings is 1. The first-order valence-corrected chi connectivity index (χ1v) is 3.55. The van der Waals surface area contributed by atoms with Gasteiger partial charge < -0.3 is 16.2 Å².